The highest BCUT2D eigenvalue weighted by atomic mass is 16.3. The number of aromatic nitrogens is 1. The van der Waals surface area contributed by atoms with Gasteiger partial charge >= 0.3 is 0 Å². The molecule has 0 atom stereocenters. The molecule has 1 aliphatic heterocycles. The Hall–Kier alpha value is -2.08. The molecular weight excluding hydrogens is 244 g/mol. The van der Waals surface area contributed by atoms with Crippen molar-refractivity contribution in [2.45, 2.75) is 13.0 Å². The number of nitrogen functional groups attached to an aromatic ring is 1. The molecule has 100 valence electrons. The van der Waals surface area contributed by atoms with Crippen LogP contribution in [-0.4, -0.2) is 35.4 Å². The van der Waals surface area contributed by atoms with Gasteiger partial charge in [-0.25, -0.2) is 4.98 Å². The first-order valence-electron chi connectivity index (χ1n) is 6.35. The van der Waals surface area contributed by atoms with Gasteiger partial charge in [-0.05, 0) is 12.1 Å². The van der Waals surface area contributed by atoms with Crippen molar-refractivity contribution >= 4 is 22.7 Å². The summed E-state index contributed by atoms with van der Waals surface area (Å²) in [6.07, 6.45) is 0.521. The fourth-order valence-electron chi connectivity index (χ4n) is 2.22. The first kappa shape index (κ1) is 12.0. The smallest absolute Gasteiger partial charge is 0.221 e. The summed E-state index contributed by atoms with van der Waals surface area (Å²) in [6, 6.07) is 5.44. The second kappa shape index (κ2) is 4.89. The van der Waals surface area contributed by atoms with E-state index < -0.39 is 0 Å². The van der Waals surface area contributed by atoms with E-state index in [4.69, 9.17) is 10.2 Å². The predicted octanol–water partition coefficient (Wildman–Crippen LogP) is 0.732. The summed E-state index contributed by atoms with van der Waals surface area (Å²) >= 11 is 0. The molecule has 0 aliphatic carbocycles. The van der Waals surface area contributed by atoms with Crippen LogP contribution < -0.4 is 11.1 Å². The lowest BCUT2D eigenvalue weighted by Crippen LogP contribution is -2.28. The molecule has 2 heterocycles. The summed E-state index contributed by atoms with van der Waals surface area (Å²) < 4.78 is 5.68. The molecule has 1 saturated heterocycles. The molecule has 1 amide bonds. The Kier molecular flexibility index (Phi) is 3.08. The minimum Gasteiger partial charge on any atom is -0.439 e. The van der Waals surface area contributed by atoms with Gasteiger partial charge in [0.2, 0.25) is 11.8 Å². The van der Waals surface area contributed by atoms with E-state index in [1.54, 1.807) is 6.07 Å². The van der Waals surface area contributed by atoms with E-state index in [9.17, 15) is 4.79 Å². The molecule has 0 unspecified atom stereocenters. The number of nitrogens with zero attached hydrogens (tertiary/aromatic N) is 2. The lowest BCUT2D eigenvalue weighted by molar-refractivity contribution is -0.120. The fraction of sp³-hybridized carbons (Fsp3) is 0.385. The molecule has 3 rings (SSSR count). The third-order valence-electron chi connectivity index (χ3n) is 3.22. The average molecular weight is 260 g/mol. The first-order valence-corrected chi connectivity index (χ1v) is 6.35. The molecule has 1 aromatic carbocycles. The first-order chi connectivity index (χ1) is 9.20. The van der Waals surface area contributed by atoms with Crippen LogP contribution >= 0.6 is 0 Å². The Morgan fingerprint density at radius 3 is 3.21 bits per heavy atom. The van der Waals surface area contributed by atoms with Gasteiger partial charge in [0, 0.05) is 37.8 Å². The zero-order valence-corrected chi connectivity index (χ0v) is 10.6. The molecular formula is C13H16N4O2. The minimum atomic E-state index is 0.104. The summed E-state index contributed by atoms with van der Waals surface area (Å²) in [4.78, 5) is 17.9. The lowest BCUT2D eigenvalue weighted by Gasteiger charge is -2.16. The van der Waals surface area contributed by atoms with E-state index in [-0.39, 0.29) is 5.91 Å². The van der Waals surface area contributed by atoms with Crippen LogP contribution in [0.4, 0.5) is 5.69 Å². The number of carbonyl (C=O) groups excluding carboxylic acids is 1. The van der Waals surface area contributed by atoms with Crippen molar-refractivity contribution in [1.29, 1.82) is 0 Å². The highest BCUT2D eigenvalue weighted by Crippen LogP contribution is 2.19. The number of anilines is 1. The number of nitrogens with one attached hydrogen (secondary N) is 1. The Labute approximate surface area is 110 Å². The number of rotatable bonds is 2. The number of hydrogen-bond donors (Lipinski definition) is 2. The standard InChI is InChI=1S/C13H16N4O2/c14-9-1-2-10-11(7-9)19-13(16-10)8-17-5-3-12(18)15-4-6-17/h1-2,7H,3-6,8,14H2,(H,15,18). The number of benzene rings is 1. The maximum atomic E-state index is 11.3. The van der Waals surface area contributed by atoms with Gasteiger partial charge in [-0.2, -0.15) is 0 Å². The monoisotopic (exact) mass is 260 g/mol. The second-order valence-electron chi connectivity index (χ2n) is 4.71. The number of oxazole rings is 1. The maximum absolute atomic E-state index is 11.3. The zero-order chi connectivity index (χ0) is 13.2. The van der Waals surface area contributed by atoms with E-state index >= 15 is 0 Å². The molecule has 3 N–H and O–H groups in total. The van der Waals surface area contributed by atoms with E-state index in [2.05, 4.69) is 15.2 Å². The molecule has 19 heavy (non-hydrogen) atoms. The zero-order valence-electron chi connectivity index (χ0n) is 10.6. The van der Waals surface area contributed by atoms with E-state index in [1.807, 2.05) is 12.1 Å². The van der Waals surface area contributed by atoms with Gasteiger partial charge in [-0.15, -0.1) is 0 Å². The van der Waals surface area contributed by atoms with Crippen LogP contribution in [0.3, 0.4) is 0 Å². The number of hydrogen-bond acceptors (Lipinski definition) is 5. The molecule has 1 aromatic heterocycles. The second-order valence-corrected chi connectivity index (χ2v) is 4.71. The summed E-state index contributed by atoms with van der Waals surface area (Å²) in [5, 5.41) is 2.85. The molecule has 6 heteroatoms. The van der Waals surface area contributed by atoms with Crippen molar-refractivity contribution in [2.24, 2.45) is 0 Å². The topological polar surface area (TPSA) is 84.4 Å². The van der Waals surface area contributed by atoms with Crippen LogP contribution in [0.2, 0.25) is 0 Å². The molecule has 6 nitrogen and oxygen atoms in total. The lowest BCUT2D eigenvalue weighted by atomic mass is 10.3. The van der Waals surface area contributed by atoms with Crippen LogP contribution in [0.5, 0.6) is 0 Å². The number of fused-ring (bicyclic) bond motifs is 1. The van der Waals surface area contributed by atoms with Crippen molar-refractivity contribution in [3.05, 3.63) is 24.1 Å². The van der Waals surface area contributed by atoms with Gasteiger partial charge in [0.05, 0.1) is 6.54 Å². The van der Waals surface area contributed by atoms with Gasteiger partial charge in [0.15, 0.2) is 5.58 Å². The minimum absolute atomic E-state index is 0.104. The van der Waals surface area contributed by atoms with Crippen LogP contribution in [-0.2, 0) is 11.3 Å². The van der Waals surface area contributed by atoms with Crippen molar-refractivity contribution < 1.29 is 9.21 Å². The summed E-state index contributed by atoms with van der Waals surface area (Å²) in [5.74, 6) is 0.766. The third-order valence-corrected chi connectivity index (χ3v) is 3.22. The van der Waals surface area contributed by atoms with Gasteiger partial charge in [0.25, 0.3) is 0 Å². The van der Waals surface area contributed by atoms with Crippen LogP contribution in [0.15, 0.2) is 22.6 Å². The van der Waals surface area contributed by atoms with Crippen LogP contribution in [0.25, 0.3) is 11.1 Å². The van der Waals surface area contributed by atoms with Crippen molar-refractivity contribution in [3.63, 3.8) is 0 Å². The normalized spacial score (nSPS) is 17.4. The van der Waals surface area contributed by atoms with Gasteiger partial charge in [0.1, 0.15) is 5.52 Å². The molecule has 2 aromatic rings. The predicted molar refractivity (Wildman–Crippen MR) is 71.3 cm³/mol. The van der Waals surface area contributed by atoms with Crippen LogP contribution in [0.1, 0.15) is 12.3 Å². The van der Waals surface area contributed by atoms with E-state index in [0.29, 0.717) is 36.7 Å². The van der Waals surface area contributed by atoms with Crippen molar-refractivity contribution in [2.75, 3.05) is 25.4 Å². The number of carbonyl (C=O) groups is 1. The molecule has 0 bridgehead atoms. The van der Waals surface area contributed by atoms with Gasteiger partial charge in [-0.3, -0.25) is 9.69 Å². The Morgan fingerprint density at radius 1 is 1.42 bits per heavy atom. The quantitative estimate of drug-likeness (QED) is 0.778. The summed E-state index contributed by atoms with van der Waals surface area (Å²) in [7, 11) is 0. The summed E-state index contributed by atoms with van der Waals surface area (Å²) in [6.45, 7) is 2.83. The highest BCUT2D eigenvalue weighted by Gasteiger charge is 2.16. The van der Waals surface area contributed by atoms with Gasteiger partial charge < -0.3 is 15.5 Å². The Balaban J connectivity index is 1.75. The molecule has 0 saturated carbocycles. The van der Waals surface area contributed by atoms with Crippen LogP contribution in [0, 0.1) is 0 Å². The van der Waals surface area contributed by atoms with E-state index in [1.165, 1.54) is 0 Å². The highest BCUT2D eigenvalue weighted by molar-refractivity contribution is 5.77. The number of amides is 1. The van der Waals surface area contributed by atoms with Crippen molar-refractivity contribution in [1.82, 2.24) is 15.2 Å². The maximum Gasteiger partial charge on any atom is 0.221 e. The van der Waals surface area contributed by atoms with E-state index in [0.717, 1.165) is 18.6 Å². The van der Waals surface area contributed by atoms with Crippen molar-refractivity contribution in [3.8, 4) is 0 Å². The fourth-order valence-corrected chi connectivity index (χ4v) is 2.22. The molecule has 1 aliphatic rings. The molecule has 1 fully saturated rings. The van der Waals surface area contributed by atoms with Gasteiger partial charge in [-0.1, -0.05) is 0 Å². The Morgan fingerprint density at radius 2 is 2.32 bits per heavy atom. The number of nitrogens with two attached hydrogens (primary N) is 1. The Bertz CT molecular complexity index is 608. The summed E-state index contributed by atoms with van der Waals surface area (Å²) in [5.41, 5.74) is 7.90. The molecule has 0 spiro atoms. The third kappa shape index (κ3) is 2.68. The SMILES string of the molecule is Nc1ccc2nc(CN3CCNC(=O)CC3)oc2c1. The average Bonchev–Trinajstić information content (AvgIpc) is 2.65. The largest absolute Gasteiger partial charge is 0.439 e. The molecule has 0 radical (unpaired) electrons.